The molecule has 0 radical (unpaired) electrons. The molecule has 20 nitrogen and oxygen atoms in total. The molecule has 0 saturated carbocycles. The van der Waals surface area contributed by atoms with Gasteiger partial charge in [0.15, 0.2) is 29.5 Å². The highest BCUT2D eigenvalue weighted by molar-refractivity contribution is 6.84. The van der Waals surface area contributed by atoms with Gasteiger partial charge in [-0.3, -0.25) is 23.7 Å². The van der Waals surface area contributed by atoms with Gasteiger partial charge in [0.25, 0.3) is 5.91 Å². The second-order valence-electron chi connectivity index (χ2n) is 20.9. The SMILES string of the molecule is CC(=O)OCC1OC(OCCCCC(=O)CCCOCCOCO[C@H]2C3O[Si](C(C)C)(C(C)C)O[Si](C(C)C)(C(C)C)OC[C@H]3O[C@H]2n2cnc3c(NC(=O)c4ccccc4)ncnc32)C(C)C(C)C1OC(C)=O. The lowest BCUT2D eigenvalue weighted by atomic mass is 9.84. The number of ether oxygens (including phenoxy) is 8. The van der Waals surface area contributed by atoms with Gasteiger partial charge in [-0.15, -0.1) is 0 Å². The molecule has 3 aliphatic rings. The van der Waals surface area contributed by atoms with Crippen molar-refractivity contribution in [3.63, 3.8) is 0 Å². The van der Waals surface area contributed by atoms with Crippen molar-refractivity contribution in [2.75, 3.05) is 51.8 Å². The van der Waals surface area contributed by atoms with Crippen LogP contribution in [0.25, 0.3) is 11.2 Å². The third-order valence-electron chi connectivity index (χ3n) is 14.3. The molecule has 74 heavy (non-hydrogen) atoms. The number of amides is 1. The number of Topliss-reactive ketones (excluding diaryl/α,β-unsaturated/α-hetero) is 1. The average molecular weight is 1070 g/mol. The second kappa shape index (κ2) is 27.3. The van der Waals surface area contributed by atoms with Crippen LogP contribution >= 0.6 is 0 Å². The standard InChI is InChI=1S/C52H81N5O15Si2/c1-32(2)73(33(3)4)67-28-43-46(71-74(72-73,34(5)6)35(7)8)47(51(69-43)57-30-55-44-48(53-29-54-49(44)57)56-50(61)40-19-14-13-15-20-40)66-31-63-26-25-62-23-18-22-41(60)21-16-17-24-64-52-37(10)36(9)45(68-39(12)59)42(70-52)27-65-38(11)58/h13-15,19-20,29-30,32-37,42-43,45-47,51-52H,16-18,21-28,31H2,1-12H3,(H,53,54,56,61)/t36?,37?,42?,43-,45?,46?,47+,51-,52?/m1/s1. The van der Waals surface area contributed by atoms with Gasteiger partial charge < -0.3 is 56.2 Å². The number of carbonyl (C=O) groups is 4. The Bertz CT molecular complexity index is 2270. The lowest BCUT2D eigenvalue weighted by Gasteiger charge is -2.51. The Kier molecular flexibility index (Phi) is 21.8. The highest BCUT2D eigenvalue weighted by Gasteiger charge is 2.62. The van der Waals surface area contributed by atoms with Crippen molar-refractivity contribution in [3.8, 4) is 0 Å². The molecule has 3 aromatic rings. The molecule has 3 saturated heterocycles. The number of imidazole rings is 1. The summed E-state index contributed by atoms with van der Waals surface area (Å²) < 4.78 is 72.1. The van der Waals surface area contributed by atoms with E-state index in [9.17, 15) is 19.2 Å². The monoisotopic (exact) mass is 1070 g/mol. The zero-order valence-corrected chi connectivity index (χ0v) is 47.4. The van der Waals surface area contributed by atoms with Crippen LogP contribution in [0.15, 0.2) is 43.0 Å². The van der Waals surface area contributed by atoms with Gasteiger partial charge >= 0.3 is 29.1 Å². The highest BCUT2D eigenvalue weighted by atomic mass is 28.5. The Hall–Kier alpha value is -4.08. The molecule has 3 fully saturated rings. The van der Waals surface area contributed by atoms with E-state index >= 15 is 0 Å². The van der Waals surface area contributed by atoms with Crippen molar-refractivity contribution in [2.45, 2.75) is 180 Å². The molecule has 6 unspecified atom stereocenters. The number of anilines is 1. The molecule has 5 heterocycles. The first kappa shape index (κ1) is 59.2. The summed E-state index contributed by atoms with van der Waals surface area (Å²) in [7, 11) is -5.98. The van der Waals surface area contributed by atoms with Gasteiger partial charge in [-0.25, -0.2) is 15.0 Å². The van der Waals surface area contributed by atoms with Crippen LogP contribution in [0.1, 0.15) is 132 Å². The Morgan fingerprint density at radius 2 is 1.45 bits per heavy atom. The Balaban J connectivity index is 1.02. The third kappa shape index (κ3) is 14.5. The molecule has 1 N–H and O–H groups in total. The molecule has 6 rings (SSSR count). The first-order valence-electron chi connectivity index (χ1n) is 26.4. The van der Waals surface area contributed by atoms with Gasteiger partial charge in [0.1, 0.15) is 56.0 Å². The van der Waals surface area contributed by atoms with E-state index in [4.69, 9.17) is 50.9 Å². The van der Waals surface area contributed by atoms with E-state index in [0.717, 1.165) is 0 Å². The Morgan fingerprint density at radius 1 is 0.757 bits per heavy atom. The number of esters is 2. The van der Waals surface area contributed by atoms with Crippen LogP contribution in [0.3, 0.4) is 0 Å². The number of carbonyl (C=O) groups excluding carboxylic acids is 4. The lowest BCUT2D eigenvalue weighted by Crippen LogP contribution is -2.66. The largest absolute Gasteiger partial charge is 0.463 e. The zero-order chi connectivity index (χ0) is 53.7. The molecule has 1 amide bonds. The molecule has 0 bridgehead atoms. The number of aromatic nitrogens is 4. The quantitative estimate of drug-likeness (QED) is 0.0345. The second-order valence-corrected chi connectivity index (χ2v) is 29.7. The summed E-state index contributed by atoms with van der Waals surface area (Å²) in [6, 6.07) is 8.88. The molecular weight excluding hydrogens is 991 g/mol. The summed E-state index contributed by atoms with van der Waals surface area (Å²) in [5, 5.41) is 2.89. The van der Waals surface area contributed by atoms with E-state index in [0.29, 0.717) is 68.7 Å². The van der Waals surface area contributed by atoms with E-state index in [1.54, 1.807) is 35.2 Å². The predicted molar refractivity (Wildman–Crippen MR) is 277 cm³/mol. The van der Waals surface area contributed by atoms with Crippen LogP contribution in [0.2, 0.25) is 22.2 Å². The van der Waals surface area contributed by atoms with Crippen molar-refractivity contribution in [2.24, 2.45) is 11.8 Å². The smallest absolute Gasteiger partial charge is 0.335 e. The van der Waals surface area contributed by atoms with E-state index < -0.39 is 72.1 Å². The number of fused-ring (bicyclic) bond motifs is 2. The topological polar surface area (TPSA) is 225 Å². The minimum absolute atomic E-state index is 0.0486. The number of hydrogen-bond acceptors (Lipinski definition) is 18. The van der Waals surface area contributed by atoms with Gasteiger partial charge in [-0.05, 0) is 53.6 Å². The van der Waals surface area contributed by atoms with E-state index in [1.165, 1.54) is 20.2 Å². The summed E-state index contributed by atoms with van der Waals surface area (Å²) in [5.41, 5.74) is 1.70. The summed E-state index contributed by atoms with van der Waals surface area (Å²) in [6.07, 6.45) is 1.24. The molecule has 0 aliphatic carbocycles. The van der Waals surface area contributed by atoms with Crippen molar-refractivity contribution >= 4 is 57.7 Å². The fourth-order valence-corrected chi connectivity index (χ4v) is 21.3. The first-order valence-corrected chi connectivity index (χ1v) is 30.3. The van der Waals surface area contributed by atoms with Crippen LogP contribution in [0.5, 0.6) is 0 Å². The van der Waals surface area contributed by atoms with Gasteiger partial charge in [-0.1, -0.05) is 87.4 Å². The van der Waals surface area contributed by atoms with Crippen molar-refractivity contribution in [1.29, 1.82) is 0 Å². The van der Waals surface area contributed by atoms with Gasteiger partial charge in [0.05, 0.1) is 26.1 Å². The minimum Gasteiger partial charge on any atom is -0.463 e. The van der Waals surface area contributed by atoms with E-state index in [1.807, 2.05) is 19.9 Å². The maximum Gasteiger partial charge on any atom is 0.335 e. The molecule has 3 aliphatic heterocycles. The summed E-state index contributed by atoms with van der Waals surface area (Å²) in [6.45, 7) is 25.4. The maximum absolute atomic E-state index is 13.2. The molecule has 9 atom stereocenters. The maximum atomic E-state index is 13.2. The van der Waals surface area contributed by atoms with Gasteiger partial charge in [0.2, 0.25) is 0 Å². The van der Waals surface area contributed by atoms with Crippen LogP contribution in [-0.2, 0) is 65.2 Å². The molecule has 1 aromatic carbocycles. The number of benzene rings is 1. The van der Waals surface area contributed by atoms with Crippen LogP contribution in [0, 0.1) is 11.8 Å². The summed E-state index contributed by atoms with van der Waals surface area (Å²) in [5.74, 6) is -0.995. The summed E-state index contributed by atoms with van der Waals surface area (Å²) in [4.78, 5) is 62.9. The van der Waals surface area contributed by atoms with Crippen LogP contribution in [-0.4, -0.2) is 144 Å². The number of ketones is 1. The minimum atomic E-state index is -3.09. The fraction of sp³-hybridized carbons (Fsp3) is 0.712. The van der Waals surface area contributed by atoms with Crippen molar-refractivity contribution < 1.29 is 70.0 Å². The average Bonchev–Trinajstić information content (AvgIpc) is 3.93. The van der Waals surface area contributed by atoms with E-state index in [2.05, 4.69) is 75.7 Å². The van der Waals surface area contributed by atoms with Crippen molar-refractivity contribution in [3.05, 3.63) is 48.5 Å². The molecule has 2 aromatic heterocycles. The molecule has 412 valence electrons. The van der Waals surface area contributed by atoms with Crippen molar-refractivity contribution in [1.82, 2.24) is 19.5 Å². The third-order valence-corrected chi connectivity index (χ3v) is 24.6. The molecule has 0 spiro atoms. The zero-order valence-electron chi connectivity index (χ0n) is 45.4. The number of rotatable bonds is 26. The first-order chi connectivity index (χ1) is 35.3. The van der Waals surface area contributed by atoms with Gasteiger partial charge in [-0.2, -0.15) is 0 Å². The highest BCUT2D eigenvalue weighted by Crippen LogP contribution is 2.49. The fourth-order valence-electron chi connectivity index (χ4n) is 10.1. The number of nitrogens with one attached hydrogen (secondary N) is 1. The normalized spacial score (nSPS) is 25.8. The summed E-state index contributed by atoms with van der Waals surface area (Å²) >= 11 is 0. The number of nitrogens with zero attached hydrogens (tertiary/aromatic N) is 4. The van der Waals surface area contributed by atoms with Gasteiger partial charge in [0, 0.05) is 57.3 Å². The molecule has 22 heteroatoms. The van der Waals surface area contributed by atoms with Crippen LogP contribution < -0.4 is 5.32 Å². The van der Waals surface area contributed by atoms with Crippen LogP contribution in [0.4, 0.5) is 5.82 Å². The molecular formula is C52H81N5O15Si2. The van der Waals surface area contributed by atoms with E-state index in [-0.39, 0.29) is 78.1 Å². The Morgan fingerprint density at radius 3 is 2.12 bits per heavy atom. The number of hydrogen-bond donors (Lipinski definition) is 1. The number of unbranched alkanes of at least 4 members (excludes halogenated alkanes) is 1. The lowest BCUT2D eigenvalue weighted by molar-refractivity contribution is -0.273. The Labute approximate surface area is 438 Å². The predicted octanol–water partition coefficient (Wildman–Crippen LogP) is 8.34.